The van der Waals surface area contributed by atoms with E-state index in [0.717, 1.165) is 5.56 Å². The first kappa shape index (κ1) is 13.6. The number of carbonyl (C=O) groups excluding carboxylic acids is 1. The summed E-state index contributed by atoms with van der Waals surface area (Å²) >= 11 is 0. The zero-order valence-electron chi connectivity index (χ0n) is 10.6. The van der Waals surface area contributed by atoms with Crippen LogP contribution in [0.5, 0.6) is 5.75 Å². The summed E-state index contributed by atoms with van der Waals surface area (Å²) in [6, 6.07) is 8.03. The fourth-order valence-electron chi connectivity index (χ4n) is 1.61. The Morgan fingerprint density at radius 2 is 2.20 bits per heavy atom. The predicted octanol–water partition coefficient (Wildman–Crippen LogP) is 2.83. The van der Waals surface area contributed by atoms with Crippen molar-refractivity contribution >= 4 is 17.7 Å². The van der Waals surface area contributed by atoms with E-state index >= 15 is 0 Å². The SMILES string of the molecule is Cc1ccc(OCc2ccc(C(=O)O)o2)c(N=C=O)c1. The van der Waals surface area contributed by atoms with Crippen LogP contribution < -0.4 is 4.74 Å². The van der Waals surface area contributed by atoms with E-state index in [2.05, 4.69) is 4.99 Å². The molecule has 2 rings (SSSR count). The standard InChI is InChI=1S/C14H11NO5/c1-9-2-4-12(11(6-9)15-8-16)19-7-10-3-5-13(20-10)14(17)18/h2-6H,7H2,1H3,(H,17,18). The Hall–Kier alpha value is -2.85. The van der Waals surface area contributed by atoms with Crippen molar-refractivity contribution in [2.24, 2.45) is 4.99 Å². The lowest BCUT2D eigenvalue weighted by molar-refractivity contribution is 0.0658. The maximum absolute atomic E-state index is 10.7. The molecule has 0 aliphatic rings. The molecule has 6 nitrogen and oxygen atoms in total. The summed E-state index contributed by atoms with van der Waals surface area (Å²) < 4.78 is 10.5. The van der Waals surface area contributed by atoms with E-state index in [0.29, 0.717) is 17.2 Å². The van der Waals surface area contributed by atoms with Crippen molar-refractivity contribution in [3.63, 3.8) is 0 Å². The van der Waals surface area contributed by atoms with Crippen molar-refractivity contribution in [2.75, 3.05) is 0 Å². The van der Waals surface area contributed by atoms with Gasteiger partial charge in [-0.15, -0.1) is 0 Å². The number of aromatic carboxylic acids is 1. The predicted molar refractivity (Wildman–Crippen MR) is 69.0 cm³/mol. The summed E-state index contributed by atoms with van der Waals surface area (Å²) in [6.45, 7) is 1.90. The Morgan fingerprint density at radius 3 is 2.85 bits per heavy atom. The lowest BCUT2D eigenvalue weighted by atomic mass is 10.2. The minimum Gasteiger partial charge on any atom is -0.483 e. The lowest BCUT2D eigenvalue weighted by Gasteiger charge is -2.07. The first-order valence-electron chi connectivity index (χ1n) is 5.73. The van der Waals surface area contributed by atoms with Crippen LogP contribution in [0, 0.1) is 6.92 Å². The van der Waals surface area contributed by atoms with Gasteiger partial charge in [0.2, 0.25) is 11.8 Å². The van der Waals surface area contributed by atoms with Crippen LogP contribution >= 0.6 is 0 Å². The van der Waals surface area contributed by atoms with Gasteiger partial charge in [0.25, 0.3) is 0 Å². The molecule has 0 saturated heterocycles. The third-order valence-electron chi connectivity index (χ3n) is 2.52. The molecule has 0 atom stereocenters. The first-order valence-corrected chi connectivity index (χ1v) is 5.73. The highest BCUT2D eigenvalue weighted by atomic mass is 16.5. The number of hydrogen-bond donors (Lipinski definition) is 1. The van der Waals surface area contributed by atoms with Crippen LogP contribution in [0.3, 0.4) is 0 Å². The monoisotopic (exact) mass is 273 g/mol. The van der Waals surface area contributed by atoms with Gasteiger partial charge in [0.15, 0.2) is 0 Å². The highest BCUT2D eigenvalue weighted by Crippen LogP contribution is 2.29. The molecule has 0 unspecified atom stereocenters. The molecule has 1 N–H and O–H groups in total. The van der Waals surface area contributed by atoms with Gasteiger partial charge in [-0.2, -0.15) is 4.99 Å². The third kappa shape index (κ3) is 3.13. The second kappa shape index (κ2) is 5.86. The molecule has 1 aromatic heterocycles. The zero-order chi connectivity index (χ0) is 14.5. The molecular weight excluding hydrogens is 262 g/mol. The number of furan rings is 1. The lowest BCUT2D eigenvalue weighted by Crippen LogP contribution is -1.95. The normalized spacial score (nSPS) is 9.85. The first-order chi connectivity index (χ1) is 9.60. The molecule has 0 radical (unpaired) electrons. The number of isocyanates is 1. The fourth-order valence-corrected chi connectivity index (χ4v) is 1.61. The Bertz CT molecular complexity index is 683. The second-order valence-corrected chi connectivity index (χ2v) is 4.03. The van der Waals surface area contributed by atoms with E-state index < -0.39 is 5.97 Å². The van der Waals surface area contributed by atoms with Crippen molar-refractivity contribution < 1.29 is 23.8 Å². The molecule has 1 aromatic carbocycles. The Labute approximate surface area is 114 Å². The van der Waals surface area contributed by atoms with Gasteiger partial charge in [-0.1, -0.05) is 6.07 Å². The van der Waals surface area contributed by atoms with Crippen LogP contribution in [-0.2, 0) is 11.4 Å². The molecule has 6 heteroatoms. The van der Waals surface area contributed by atoms with E-state index in [1.54, 1.807) is 12.1 Å². The molecule has 20 heavy (non-hydrogen) atoms. The molecule has 0 fully saturated rings. The van der Waals surface area contributed by atoms with Crippen molar-refractivity contribution in [1.29, 1.82) is 0 Å². The van der Waals surface area contributed by atoms with Gasteiger partial charge >= 0.3 is 5.97 Å². The molecule has 0 saturated carbocycles. The Morgan fingerprint density at radius 1 is 1.40 bits per heavy atom. The van der Waals surface area contributed by atoms with Crippen LogP contribution in [0.1, 0.15) is 21.9 Å². The number of carboxylic acids is 1. The van der Waals surface area contributed by atoms with E-state index in [1.807, 2.05) is 13.0 Å². The largest absolute Gasteiger partial charge is 0.483 e. The molecule has 0 aliphatic carbocycles. The average molecular weight is 273 g/mol. The van der Waals surface area contributed by atoms with E-state index in [4.69, 9.17) is 14.3 Å². The van der Waals surface area contributed by atoms with Crippen molar-refractivity contribution in [3.05, 3.63) is 47.4 Å². The van der Waals surface area contributed by atoms with Gasteiger partial charge in [0.05, 0.1) is 0 Å². The maximum atomic E-state index is 10.7. The second-order valence-electron chi connectivity index (χ2n) is 4.03. The van der Waals surface area contributed by atoms with E-state index in [9.17, 15) is 9.59 Å². The molecular formula is C14H11NO5. The van der Waals surface area contributed by atoms with Gasteiger partial charge in [-0.25, -0.2) is 9.59 Å². The van der Waals surface area contributed by atoms with Crippen LogP contribution in [0.25, 0.3) is 0 Å². The quantitative estimate of drug-likeness (QED) is 0.668. The summed E-state index contributed by atoms with van der Waals surface area (Å²) in [7, 11) is 0. The fraction of sp³-hybridized carbons (Fsp3) is 0.143. The number of aliphatic imine (C=N–C) groups is 1. The summed E-state index contributed by atoms with van der Waals surface area (Å²) in [5.41, 5.74) is 1.29. The van der Waals surface area contributed by atoms with Gasteiger partial charge < -0.3 is 14.3 Å². The van der Waals surface area contributed by atoms with Crippen molar-refractivity contribution in [3.8, 4) is 5.75 Å². The van der Waals surface area contributed by atoms with Gasteiger partial charge in [-0.05, 0) is 36.8 Å². The van der Waals surface area contributed by atoms with Gasteiger partial charge in [0.1, 0.15) is 23.8 Å². The van der Waals surface area contributed by atoms with Gasteiger partial charge in [-0.3, -0.25) is 0 Å². The Balaban J connectivity index is 2.13. The molecule has 0 bridgehead atoms. The number of rotatable bonds is 5. The van der Waals surface area contributed by atoms with Crippen LogP contribution in [-0.4, -0.2) is 17.2 Å². The molecule has 102 valence electrons. The van der Waals surface area contributed by atoms with Crippen molar-refractivity contribution in [2.45, 2.75) is 13.5 Å². The summed E-state index contributed by atoms with van der Waals surface area (Å²) in [5, 5.41) is 8.74. The smallest absolute Gasteiger partial charge is 0.371 e. The number of ether oxygens (including phenoxy) is 1. The topological polar surface area (TPSA) is 89.1 Å². The van der Waals surface area contributed by atoms with E-state index in [1.165, 1.54) is 18.2 Å². The molecule has 2 aromatic rings. The number of nitrogens with zero attached hydrogens (tertiary/aromatic N) is 1. The maximum Gasteiger partial charge on any atom is 0.371 e. The minimum atomic E-state index is -1.14. The number of benzene rings is 1. The highest BCUT2D eigenvalue weighted by molar-refractivity contribution is 5.84. The van der Waals surface area contributed by atoms with Crippen LogP contribution in [0.15, 0.2) is 39.7 Å². The van der Waals surface area contributed by atoms with Crippen molar-refractivity contribution in [1.82, 2.24) is 0 Å². The minimum absolute atomic E-state index is 0.0394. The summed E-state index contributed by atoms with van der Waals surface area (Å²) in [5.74, 6) is -0.535. The summed E-state index contributed by atoms with van der Waals surface area (Å²) in [6.07, 6.45) is 1.46. The summed E-state index contributed by atoms with van der Waals surface area (Å²) in [4.78, 5) is 24.6. The zero-order valence-corrected chi connectivity index (χ0v) is 10.6. The molecule has 0 amide bonds. The molecule has 0 spiro atoms. The number of carbonyl (C=O) groups is 1. The Kier molecular flexibility index (Phi) is 3.98. The molecule has 1 heterocycles. The number of aryl methyl sites for hydroxylation is 1. The highest BCUT2D eigenvalue weighted by Gasteiger charge is 2.10. The van der Waals surface area contributed by atoms with Crippen LogP contribution in [0.4, 0.5) is 5.69 Å². The third-order valence-corrected chi connectivity index (χ3v) is 2.52. The average Bonchev–Trinajstić information content (AvgIpc) is 2.87. The van der Waals surface area contributed by atoms with Gasteiger partial charge in [0, 0.05) is 0 Å². The molecule has 0 aliphatic heterocycles. The van der Waals surface area contributed by atoms with E-state index in [-0.39, 0.29) is 12.4 Å². The number of carboxylic acid groups (broad SMARTS) is 1. The number of hydrogen-bond acceptors (Lipinski definition) is 5. The van der Waals surface area contributed by atoms with Crippen LogP contribution in [0.2, 0.25) is 0 Å².